The molecule has 0 radical (unpaired) electrons. The summed E-state index contributed by atoms with van der Waals surface area (Å²) >= 11 is 0. The van der Waals surface area contributed by atoms with Crippen LogP contribution in [0.15, 0.2) is 89.3 Å². The smallest absolute Gasteiger partial charge is 0.305 e. The van der Waals surface area contributed by atoms with E-state index in [9.17, 15) is 18.0 Å². The molecule has 1 amide bonds. The number of piperidine rings is 1. The molecule has 3 atom stereocenters. The molecular formula is C42H51F2N5O5S. The van der Waals surface area contributed by atoms with Crippen LogP contribution in [-0.2, 0) is 29.6 Å². The Morgan fingerprint density at radius 1 is 0.982 bits per heavy atom. The molecule has 3 aliphatic heterocycles. The Bertz CT molecular complexity index is 1980. The first-order valence-electron chi connectivity index (χ1n) is 19.4. The molecule has 13 heteroatoms. The second kappa shape index (κ2) is 16.1. The topological polar surface area (TPSA) is 112 Å². The number of benzene rings is 2. The molecule has 294 valence electrons. The standard InChI is InChI=1S/C42H51F2N5O5S/c1-3-39(50)46-38-25-36(15-18-45-38)55(52,53)35-13-11-34(12-14-35)49-27-41(44,28-49)26-48-21-16-31(17-22-48)42(29-47-19-6-20-47,32-8-5-9-33(43)24-32)37-10-4-7-30(37)23-40(51)54-2/h3,5,8-9,11-15,18,24-25,30-31,37H,1,4,6-7,10,16-17,19-23,26-29H2,2H3,(H,45,46,50)/t30-,37+,42+/m1/s1. The van der Waals surface area contributed by atoms with Crippen LogP contribution in [-0.4, -0.2) is 100 Å². The van der Waals surface area contributed by atoms with Gasteiger partial charge in [0.1, 0.15) is 11.6 Å². The number of carbonyl (C=O) groups is 2. The number of amides is 1. The summed E-state index contributed by atoms with van der Waals surface area (Å²) < 4.78 is 63.1. The molecule has 10 nitrogen and oxygen atoms in total. The van der Waals surface area contributed by atoms with Gasteiger partial charge in [-0.25, -0.2) is 22.2 Å². The Balaban J connectivity index is 1.01. The van der Waals surface area contributed by atoms with Crippen LogP contribution in [0.3, 0.4) is 0 Å². The van der Waals surface area contributed by atoms with Gasteiger partial charge >= 0.3 is 5.97 Å². The highest BCUT2D eigenvalue weighted by Crippen LogP contribution is 2.54. The third-order valence-electron chi connectivity index (χ3n) is 12.5. The Labute approximate surface area is 322 Å². The zero-order chi connectivity index (χ0) is 38.8. The van der Waals surface area contributed by atoms with Gasteiger partial charge in [-0.2, -0.15) is 0 Å². The molecule has 0 unspecified atom stereocenters. The number of anilines is 2. The van der Waals surface area contributed by atoms with Gasteiger partial charge in [-0.3, -0.25) is 14.5 Å². The zero-order valence-corrected chi connectivity index (χ0v) is 32.3. The monoisotopic (exact) mass is 775 g/mol. The molecule has 3 saturated heterocycles. The van der Waals surface area contributed by atoms with E-state index in [0.717, 1.165) is 88.6 Å². The number of hydrogen-bond donors (Lipinski definition) is 1. The van der Waals surface area contributed by atoms with Crippen LogP contribution in [0, 0.1) is 23.6 Å². The van der Waals surface area contributed by atoms with Crippen molar-refractivity contribution in [2.45, 2.75) is 65.8 Å². The molecule has 55 heavy (non-hydrogen) atoms. The van der Waals surface area contributed by atoms with Gasteiger partial charge in [0.25, 0.3) is 0 Å². The van der Waals surface area contributed by atoms with Crippen LogP contribution in [0.5, 0.6) is 0 Å². The van der Waals surface area contributed by atoms with Gasteiger partial charge in [-0.05, 0) is 136 Å². The molecule has 4 aliphatic rings. The van der Waals surface area contributed by atoms with E-state index < -0.39 is 21.4 Å². The van der Waals surface area contributed by atoms with Crippen molar-refractivity contribution in [1.29, 1.82) is 0 Å². The number of nitrogens with zero attached hydrogens (tertiary/aromatic N) is 4. The molecule has 1 N–H and O–H groups in total. The van der Waals surface area contributed by atoms with Crippen LogP contribution in [0.4, 0.5) is 20.3 Å². The third kappa shape index (κ3) is 8.20. The number of alkyl halides is 1. The number of rotatable bonds is 14. The lowest BCUT2D eigenvalue weighted by Gasteiger charge is -2.54. The molecule has 1 aromatic heterocycles. The van der Waals surface area contributed by atoms with Crippen molar-refractivity contribution >= 4 is 33.2 Å². The quantitative estimate of drug-likeness (QED) is 0.155. The minimum atomic E-state index is -3.89. The van der Waals surface area contributed by atoms with Crippen molar-refractivity contribution in [3.05, 3.63) is 90.9 Å². The number of carbonyl (C=O) groups excluding carboxylic acids is 2. The van der Waals surface area contributed by atoms with Gasteiger partial charge in [0.15, 0.2) is 5.67 Å². The average Bonchev–Trinajstić information content (AvgIpc) is 3.62. The summed E-state index contributed by atoms with van der Waals surface area (Å²) in [6.45, 7) is 8.46. The molecule has 0 bridgehead atoms. The third-order valence-corrected chi connectivity index (χ3v) is 14.3. The second-order valence-corrected chi connectivity index (χ2v) is 17.8. The number of hydrogen-bond acceptors (Lipinski definition) is 9. The number of nitrogens with one attached hydrogen (secondary N) is 1. The first kappa shape index (κ1) is 39.1. The number of likely N-dealkylation sites (tertiary alicyclic amines) is 2. The van der Waals surface area contributed by atoms with Crippen molar-refractivity contribution in [3.8, 4) is 0 Å². The van der Waals surface area contributed by atoms with E-state index >= 15 is 8.78 Å². The Morgan fingerprint density at radius 2 is 1.73 bits per heavy atom. The van der Waals surface area contributed by atoms with E-state index in [1.807, 2.05) is 11.0 Å². The van der Waals surface area contributed by atoms with Gasteiger partial charge in [0.2, 0.25) is 15.7 Å². The number of methoxy groups -OCH3 is 1. The molecule has 3 aromatic rings. The fraction of sp³-hybridized carbons (Fsp3) is 0.500. The van der Waals surface area contributed by atoms with Crippen LogP contribution in [0.1, 0.15) is 50.5 Å². The zero-order valence-electron chi connectivity index (χ0n) is 31.5. The van der Waals surface area contributed by atoms with Gasteiger partial charge < -0.3 is 19.9 Å². The summed E-state index contributed by atoms with van der Waals surface area (Å²) in [7, 11) is -2.45. The summed E-state index contributed by atoms with van der Waals surface area (Å²) in [5, 5.41) is 2.47. The number of sulfone groups is 1. The minimum Gasteiger partial charge on any atom is -0.469 e. The normalized spacial score (nSPS) is 22.9. The maximum Gasteiger partial charge on any atom is 0.305 e. The summed E-state index contributed by atoms with van der Waals surface area (Å²) in [5.74, 6) is -0.200. The summed E-state index contributed by atoms with van der Waals surface area (Å²) in [6.07, 6.45) is 8.62. The molecule has 1 saturated carbocycles. The minimum absolute atomic E-state index is 0.0110. The fourth-order valence-electron chi connectivity index (χ4n) is 9.76. The molecule has 4 fully saturated rings. The lowest BCUT2D eigenvalue weighted by Crippen LogP contribution is -2.64. The summed E-state index contributed by atoms with van der Waals surface area (Å²) in [6, 6.07) is 16.2. The molecular weight excluding hydrogens is 725 g/mol. The number of aromatic nitrogens is 1. The van der Waals surface area contributed by atoms with E-state index in [4.69, 9.17) is 4.74 Å². The van der Waals surface area contributed by atoms with Crippen molar-refractivity contribution in [2.75, 3.05) is 69.7 Å². The van der Waals surface area contributed by atoms with Gasteiger partial charge in [0.05, 0.1) is 30.0 Å². The van der Waals surface area contributed by atoms with Crippen molar-refractivity contribution in [1.82, 2.24) is 14.8 Å². The van der Waals surface area contributed by atoms with Crippen LogP contribution in [0.2, 0.25) is 0 Å². The van der Waals surface area contributed by atoms with Crippen LogP contribution >= 0.6 is 0 Å². The van der Waals surface area contributed by atoms with Crippen LogP contribution in [0.25, 0.3) is 0 Å². The van der Waals surface area contributed by atoms with Gasteiger partial charge in [-0.15, -0.1) is 0 Å². The van der Waals surface area contributed by atoms with Crippen LogP contribution < -0.4 is 10.2 Å². The van der Waals surface area contributed by atoms with E-state index in [-0.39, 0.29) is 63.7 Å². The van der Waals surface area contributed by atoms with E-state index in [1.165, 1.54) is 43.6 Å². The predicted octanol–water partition coefficient (Wildman–Crippen LogP) is 6.04. The summed E-state index contributed by atoms with van der Waals surface area (Å²) in [4.78, 5) is 35.0. The average molecular weight is 776 g/mol. The fourth-order valence-corrected chi connectivity index (χ4v) is 11.0. The highest BCUT2D eigenvalue weighted by atomic mass is 32.2. The SMILES string of the molecule is C=CC(=O)Nc1cc(S(=O)(=O)c2ccc(N3CC(F)(CN4CCC([C@@](CN5CCC5)(c5cccc(F)c5)[C@H]5CCC[C@@H]5CC(=O)OC)CC4)C3)cc2)ccn1. The number of halogens is 2. The lowest BCUT2D eigenvalue weighted by molar-refractivity contribution is -0.142. The first-order chi connectivity index (χ1) is 26.4. The van der Waals surface area contributed by atoms with E-state index in [2.05, 4.69) is 32.7 Å². The molecule has 1 aliphatic carbocycles. The number of pyridine rings is 1. The Morgan fingerprint density at radius 3 is 2.38 bits per heavy atom. The predicted molar refractivity (Wildman–Crippen MR) is 207 cm³/mol. The largest absolute Gasteiger partial charge is 0.469 e. The van der Waals surface area contributed by atoms with E-state index in [1.54, 1.807) is 18.2 Å². The molecule has 4 heterocycles. The maximum atomic E-state index is 16.3. The maximum absolute atomic E-state index is 16.3. The second-order valence-electron chi connectivity index (χ2n) is 15.9. The Kier molecular flexibility index (Phi) is 11.4. The van der Waals surface area contributed by atoms with Crippen molar-refractivity contribution in [3.63, 3.8) is 0 Å². The lowest BCUT2D eigenvalue weighted by atomic mass is 9.56. The number of ether oxygens (including phenoxy) is 1. The highest BCUT2D eigenvalue weighted by molar-refractivity contribution is 7.91. The molecule has 0 spiro atoms. The van der Waals surface area contributed by atoms with Crippen molar-refractivity contribution in [2.24, 2.45) is 17.8 Å². The first-order valence-corrected chi connectivity index (χ1v) is 20.9. The molecule has 2 aromatic carbocycles. The van der Waals surface area contributed by atoms with Crippen molar-refractivity contribution < 1.29 is 31.5 Å². The van der Waals surface area contributed by atoms with Gasteiger partial charge in [-0.1, -0.05) is 25.1 Å². The highest BCUT2D eigenvalue weighted by Gasteiger charge is 2.53. The number of esters is 1. The van der Waals surface area contributed by atoms with Gasteiger partial charge in [0, 0.05) is 36.8 Å². The Hall–Kier alpha value is -4.20. The van der Waals surface area contributed by atoms with E-state index in [0.29, 0.717) is 13.0 Å². The molecule has 7 rings (SSSR count). The summed E-state index contributed by atoms with van der Waals surface area (Å²) in [5.41, 5.74) is 0.0293.